The topological polar surface area (TPSA) is 32.8 Å². The Kier molecular flexibility index (Phi) is 8.01. The molecule has 1 saturated heterocycles. The Morgan fingerprint density at radius 3 is 2.11 bits per heavy atom. The van der Waals surface area contributed by atoms with E-state index in [1.807, 2.05) is 6.79 Å². The van der Waals surface area contributed by atoms with Crippen molar-refractivity contribution in [1.29, 1.82) is 0 Å². The first-order chi connectivity index (χ1) is 13.2. The first-order valence-corrected chi connectivity index (χ1v) is 9.59. The molecule has 1 unspecified atom stereocenters. The van der Waals surface area contributed by atoms with Crippen LogP contribution in [0.1, 0.15) is 24.5 Å². The predicted octanol–water partition coefficient (Wildman–Crippen LogP) is 3.75. The van der Waals surface area contributed by atoms with Gasteiger partial charge >= 0.3 is 0 Å². The summed E-state index contributed by atoms with van der Waals surface area (Å²) in [6.45, 7) is 7.91. The second-order valence-electron chi connectivity index (χ2n) is 7.09. The molecule has 2 aromatic carbocycles. The van der Waals surface area contributed by atoms with Crippen molar-refractivity contribution in [3.63, 3.8) is 0 Å². The zero-order valence-electron chi connectivity index (χ0n) is 16.9. The number of benzene rings is 2. The number of nitrogens with zero attached hydrogens (tertiary/aromatic N) is 2. The van der Waals surface area contributed by atoms with Crippen LogP contribution in [0.5, 0.6) is 0 Å². The molecule has 0 amide bonds. The van der Waals surface area contributed by atoms with Gasteiger partial charge in [-0.2, -0.15) is 0 Å². The minimum absolute atomic E-state index is 0.0187. The third kappa shape index (κ3) is 4.96. The first-order valence-electron chi connectivity index (χ1n) is 9.59. The lowest BCUT2D eigenvalue weighted by Crippen LogP contribution is -2.43. The van der Waals surface area contributed by atoms with Crippen LogP contribution in [0.4, 0.5) is 5.69 Å². The molecule has 0 saturated carbocycles. The van der Waals surface area contributed by atoms with E-state index in [0.717, 1.165) is 39.1 Å². The first kappa shape index (κ1) is 21.1. The van der Waals surface area contributed by atoms with E-state index in [-0.39, 0.29) is 5.54 Å². The lowest BCUT2D eigenvalue weighted by Gasteiger charge is -2.40. The van der Waals surface area contributed by atoms with Gasteiger partial charge in [0.25, 0.3) is 0 Å². The van der Waals surface area contributed by atoms with E-state index in [2.05, 4.69) is 85.4 Å². The van der Waals surface area contributed by atoms with Gasteiger partial charge in [-0.15, -0.1) is 0 Å². The zero-order chi connectivity index (χ0) is 19.7. The van der Waals surface area contributed by atoms with E-state index in [0.29, 0.717) is 0 Å². The molecule has 4 nitrogen and oxygen atoms in total. The molecule has 0 spiro atoms. The van der Waals surface area contributed by atoms with Crippen molar-refractivity contribution in [2.45, 2.75) is 25.3 Å². The van der Waals surface area contributed by atoms with Gasteiger partial charge in [0.15, 0.2) is 0 Å². The molecule has 146 valence electrons. The molecule has 27 heavy (non-hydrogen) atoms. The van der Waals surface area contributed by atoms with Crippen molar-refractivity contribution in [1.82, 2.24) is 4.90 Å². The summed E-state index contributed by atoms with van der Waals surface area (Å²) >= 11 is 0. The maximum absolute atomic E-state index is 8.00. The molecule has 1 atom stereocenters. The molecule has 1 aliphatic heterocycles. The number of anilines is 1. The van der Waals surface area contributed by atoms with Gasteiger partial charge in [-0.25, -0.2) is 0 Å². The molecule has 0 bridgehead atoms. The Balaban J connectivity index is 0.00000126. The molecule has 3 rings (SSSR count). The van der Waals surface area contributed by atoms with E-state index in [9.17, 15) is 0 Å². The smallest absolute Gasteiger partial charge is 0.106 e. The predicted molar refractivity (Wildman–Crippen MR) is 112 cm³/mol. The van der Waals surface area contributed by atoms with Crippen LogP contribution in [-0.2, 0) is 21.5 Å². The number of hydrogen-bond acceptors (Lipinski definition) is 4. The van der Waals surface area contributed by atoms with E-state index < -0.39 is 0 Å². The second-order valence-corrected chi connectivity index (χ2v) is 7.09. The molecular weight excluding hydrogens is 336 g/mol. The van der Waals surface area contributed by atoms with E-state index >= 15 is 0 Å². The quantitative estimate of drug-likeness (QED) is 0.777. The molecule has 1 aliphatic rings. The summed E-state index contributed by atoms with van der Waals surface area (Å²) in [5.41, 5.74) is 4.09. The summed E-state index contributed by atoms with van der Waals surface area (Å²) in [5.74, 6) is 0. The van der Waals surface area contributed by atoms with Gasteiger partial charge in [-0.05, 0) is 50.2 Å². The highest BCUT2D eigenvalue weighted by molar-refractivity contribution is 5.49. The highest BCUT2D eigenvalue weighted by Crippen LogP contribution is 2.35. The van der Waals surface area contributed by atoms with Gasteiger partial charge in [-0.1, -0.05) is 49.4 Å². The van der Waals surface area contributed by atoms with Crippen LogP contribution in [0.3, 0.4) is 0 Å². The van der Waals surface area contributed by atoms with Gasteiger partial charge in [0.05, 0.1) is 13.2 Å². The molecule has 1 fully saturated rings. The SMILES string of the molecule is C=O.CCC(Cc1ccccc1)(c1ccc(N2CCOCC2)cc1)N(C)C. The molecule has 1 heterocycles. The number of rotatable bonds is 6. The summed E-state index contributed by atoms with van der Waals surface area (Å²) in [6.07, 6.45) is 2.10. The number of morpholine rings is 1. The van der Waals surface area contributed by atoms with Crippen molar-refractivity contribution in [2.75, 3.05) is 45.3 Å². The Bertz CT molecular complexity index is 667. The van der Waals surface area contributed by atoms with Gasteiger partial charge in [-0.3, -0.25) is 4.90 Å². The van der Waals surface area contributed by atoms with Crippen molar-refractivity contribution in [3.8, 4) is 0 Å². The Hall–Kier alpha value is -2.17. The monoisotopic (exact) mass is 368 g/mol. The van der Waals surface area contributed by atoms with Crippen molar-refractivity contribution in [2.24, 2.45) is 0 Å². The minimum Gasteiger partial charge on any atom is -0.378 e. The summed E-state index contributed by atoms with van der Waals surface area (Å²) in [4.78, 5) is 12.8. The average molecular weight is 369 g/mol. The Morgan fingerprint density at radius 1 is 1.00 bits per heavy atom. The molecule has 0 radical (unpaired) electrons. The fourth-order valence-corrected chi connectivity index (χ4v) is 3.90. The highest BCUT2D eigenvalue weighted by Gasteiger charge is 2.33. The average Bonchev–Trinajstić information content (AvgIpc) is 2.75. The number of hydrogen-bond donors (Lipinski definition) is 0. The fraction of sp³-hybridized carbons (Fsp3) is 0.435. The third-order valence-electron chi connectivity index (χ3n) is 5.56. The number of carbonyl (C=O) groups is 1. The van der Waals surface area contributed by atoms with Gasteiger partial charge in [0.2, 0.25) is 0 Å². The Morgan fingerprint density at radius 2 is 1.59 bits per heavy atom. The van der Waals surface area contributed by atoms with Crippen LogP contribution in [0.15, 0.2) is 54.6 Å². The van der Waals surface area contributed by atoms with Crippen molar-refractivity contribution >= 4 is 12.5 Å². The molecule has 4 heteroatoms. The van der Waals surface area contributed by atoms with Crippen LogP contribution in [0.2, 0.25) is 0 Å². The lowest BCUT2D eigenvalue weighted by molar-refractivity contribution is -0.0979. The van der Waals surface area contributed by atoms with Crippen LogP contribution in [-0.4, -0.2) is 52.1 Å². The van der Waals surface area contributed by atoms with Gasteiger partial charge < -0.3 is 14.4 Å². The van der Waals surface area contributed by atoms with Crippen molar-refractivity contribution in [3.05, 3.63) is 65.7 Å². The summed E-state index contributed by atoms with van der Waals surface area (Å²) in [7, 11) is 4.39. The van der Waals surface area contributed by atoms with Gasteiger partial charge in [0.1, 0.15) is 6.79 Å². The maximum Gasteiger partial charge on any atom is 0.106 e. The summed E-state index contributed by atoms with van der Waals surface area (Å²) in [6, 6.07) is 20.0. The maximum atomic E-state index is 8.00. The zero-order valence-corrected chi connectivity index (χ0v) is 16.9. The van der Waals surface area contributed by atoms with E-state index in [1.165, 1.54) is 16.8 Å². The van der Waals surface area contributed by atoms with Crippen LogP contribution in [0, 0.1) is 0 Å². The van der Waals surface area contributed by atoms with Crippen LogP contribution >= 0.6 is 0 Å². The van der Waals surface area contributed by atoms with Crippen LogP contribution in [0.25, 0.3) is 0 Å². The number of likely N-dealkylation sites (N-methyl/N-ethyl adjacent to an activating group) is 1. The standard InChI is InChI=1S/C22H30N2O.CH2O/c1-4-22(23(2)3,18-19-8-6-5-7-9-19)20-10-12-21(13-11-20)24-14-16-25-17-15-24;1-2/h5-13H,4,14-18H2,1-3H3;1H2. The van der Waals surface area contributed by atoms with Gasteiger partial charge in [0, 0.05) is 24.3 Å². The molecule has 0 aliphatic carbocycles. The van der Waals surface area contributed by atoms with Crippen LogP contribution < -0.4 is 4.90 Å². The summed E-state index contributed by atoms with van der Waals surface area (Å²) in [5, 5.41) is 0. The number of carbonyl (C=O) groups excluding carboxylic acids is 1. The van der Waals surface area contributed by atoms with E-state index in [4.69, 9.17) is 9.53 Å². The second kappa shape index (κ2) is 10.2. The lowest BCUT2D eigenvalue weighted by atomic mass is 9.80. The third-order valence-corrected chi connectivity index (χ3v) is 5.56. The molecular formula is C23H32N2O2. The number of ether oxygens (including phenoxy) is 1. The normalized spacial score (nSPS) is 16.4. The summed E-state index contributed by atoms with van der Waals surface area (Å²) < 4.78 is 5.47. The van der Waals surface area contributed by atoms with Crippen molar-refractivity contribution < 1.29 is 9.53 Å². The molecule has 0 N–H and O–H groups in total. The molecule has 2 aromatic rings. The fourth-order valence-electron chi connectivity index (χ4n) is 3.90. The largest absolute Gasteiger partial charge is 0.378 e. The minimum atomic E-state index is 0.0187. The molecule has 0 aromatic heterocycles. The Labute approximate surface area is 163 Å². The highest BCUT2D eigenvalue weighted by atomic mass is 16.5. The van der Waals surface area contributed by atoms with E-state index in [1.54, 1.807) is 0 Å².